The fourth-order valence-corrected chi connectivity index (χ4v) is 0.928. The molecule has 2 atom stereocenters. The van der Waals surface area contributed by atoms with E-state index in [0.29, 0.717) is 18.8 Å². The third kappa shape index (κ3) is 6.05. The lowest BCUT2D eigenvalue weighted by atomic mass is 10.2. The van der Waals surface area contributed by atoms with Crippen molar-refractivity contribution in [3.63, 3.8) is 0 Å². The van der Waals surface area contributed by atoms with Crippen molar-refractivity contribution < 1.29 is 9.90 Å². The molecule has 0 heterocycles. The lowest BCUT2D eigenvalue weighted by Gasteiger charge is -2.04. The van der Waals surface area contributed by atoms with Crippen LogP contribution >= 0.6 is 12.6 Å². The van der Waals surface area contributed by atoms with E-state index in [1.807, 2.05) is 0 Å². The average molecular weight is 233 g/mol. The van der Waals surface area contributed by atoms with Crippen molar-refractivity contribution in [1.29, 1.82) is 0 Å². The molecule has 3 N–H and O–H groups in total. The van der Waals surface area contributed by atoms with Gasteiger partial charge in [-0.1, -0.05) is 5.18 Å². The van der Waals surface area contributed by atoms with Crippen LogP contribution in [0.5, 0.6) is 0 Å². The van der Waals surface area contributed by atoms with Crippen LogP contribution in [0.2, 0.25) is 0 Å². The van der Waals surface area contributed by atoms with Crippen LogP contribution < -0.4 is 5.73 Å². The SMILES string of the molecule is CC(S)C(N)=NCCCC(N=O)C(=O)O. The third-order valence-corrected chi connectivity index (χ3v) is 2.03. The number of carboxylic acids is 1. The second kappa shape index (κ2) is 7.22. The Morgan fingerprint density at radius 1 is 1.60 bits per heavy atom. The molecule has 6 nitrogen and oxygen atoms in total. The predicted octanol–water partition coefficient (Wildman–Crippen LogP) is 0.662. The van der Waals surface area contributed by atoms with Crippen LogP contribution in [0.25, 0.3) is 0 Å². The highest BCUT2D eigenvalue weighted by Gasteiger charge is 2.16. The van der Waals surface area contributed by atoms with Gasteiger partial charge in [-0.15, -0.1) is 4.91 Å². The topological polar surface area (TPSA) is 105 Å². The smallest absolute Gasteiger partial charge is 0.332 e. The highest BCUT2D eigenvalue weighted by molar-refractivity contribution is 7.81. The van der Waals surface area contributed by atoms with E-state index in [-0.39, 0.29) is 11.7 Å². The van der Waals surface area contributed by atoms with Gasteiger partial charge >= 0.3 is 5.97 Å². The van der Waals surface area contributed by atoms with E-state index in [0.717, 1.165) is 0 Å². The van der Waals surface area contributed by atoms with Gasteiger partial charge < -0.3 is 10.8 Å². The summed E-state index contributed by atoms with van der Waals surface area (Å²) in [4.78, 5) is 24.5. The highest BCUT2D eigenvalue weighted by atomic mass is 32.1. The van der Waals surface area contributed by atoms with Crippen molar-refractivity contribution in [3.8, 4) is 0 Å². The van der Waals surface area contributed by atoms with E-state index in [2.05, 4.69) is 22.8 Å². The monoisotopic (exact) mass is 233 g/mol. The largest absolute Gasteiger partial charge is 0.480 e. The number of hydrogen-bond donors (Lipinski definition) is 3. The molecular weight excluding hydrogens is 218 g/mol. The Hall–Kier alpha value is -1.11. The van der Waals surface area contributed by atoms with E-state index in [1.54, 1.807) is 6.92 Å². The Balaban J connectivity index is 3.84. The van der Waals surface area contributed by atoms with E-state index in [4.69, 9.17) is 10.8 Å². The van der Waals surface area contributed by atoms with E-state index >= 15 is 0 Å². The molecule has 15 heavy (non-hydrogen) atoms. The minimum Gasteiger partial charge on any atom is -0.480 e. The first-order valence-corrected chi connectivity index (χ1v) is 5.03. The maximum absolute atomic E-state index is 10.4. The first kappa shape index (κ1) is 13.9. The van der Waals surface area contributed by atoms with Crippen molar-refractivity contribution in [2.75, 3.05) is 6.54 Å². The van der Waals surface area contributed by atoms with Gasteiger partial charge in [0.15, 0.2) is 6.04 Å². The summed E-state index contributed by atoms with van der Waals surface area (Å²) in [5, 5.41) is 10.9. The van der Waals surface area contributed by atoms with Crippen molar-refractivity contribution in [2.24, 2.45) is 15.9 Å². The summed E-state index contributed by atoms with van der Waals surface area (Å²) in [5.41, 5.74) is 5.50. The molecule has 0 saturated heterocycles. The van der Waals surface area contributed by atoms with Crippen molar-refractivity contribution in [3.05, 3.63) is 4.91 Å². The summed E-state index contributed by atoms with van der Waals surface area (Å²) in [6.07, 6.45) is 0.639. The molecule has 86 valence electrons. The Kier molecular flexibility index (Phi) is 6.68. The molecule has 0 radical (unpaired) electrons. The summed E-state index contributed by atoms with van der Waals surface area (Å²) in [6.45, 7) is 2.17. The molecule has 0 bridgehead atoms. The Morgan fingerprint density at radius 2 is 2.20 bits per heavy atom. The summed E-state index contributed by atoms with van der Waals surface area (Å²) in [6, 6.07) is -1.19. The molecular formula is C8H15N3O3S. The Labute approximate surface area is 93.3 Å². The van der Waals surface area contributed by atoms with Crippen molar-refractivity contribution in [2.45, 2.75) is 31.1 Å². The molecule has 0 aromatic carbocycles. The normalized spacial score (nSPS) is 15.7. The van der Waals surface area contributed by atoms with Crippen LogP contribution in [0.1, 0.15) is 19.8 Å². The fourth-order valence-electron chi connectivity index (χ4n) is 0.846. The first-order valence-electron chi connectivity index (χ1n) is 4.52. The van der Waals surface area contributed by atoms with Gasteiger partial charge in [0.05, 0.1) is 5.25 Å². The Bertz CT molecular complexity index is 256. The van der Waals surface area contributed by atoms with Gasteiger partial charge in [0.25, 0.3) is 0 Å². The Morgan fingerprint density at radius 3 is 2.60 bits per heavy atom. The van der Waals surface area contributed by atoms with E-state index in [9.17, 15) is 9.70 Å². The minimum atomic E-state index is -1.20. The number of nitrogens with zero attached hydrogens (tertiary/aromatic N) is 2. The molecule has 0 aliphatic heterocycles. The van der Waals surface area contributed by atoms with Crippen LogP contribution in [-0.2, 0) is 4.79 Å². The highest BCUT2D eigenvalue weighted by Crippen LogP contribution is 2.02. The van der Waals surface area contributed by atoms with Crippen LogP contribution in [0.15, 0.2) is 10.2 Å². The number of hydrogen-bond acceptors (Lipinski definition) is 5. The summed E-state index contributed by atoms with van der Waals surface area (Å²) in [7, 11) is 0. The third-order valence-electron chi connectivity index (χ3n) is 1.77. The number of rotatable bonds is 7. The van der Waals surface area contributed by atoms with Crippen molar-refractivity contribution in [1.82, 2.24) is 0 Å². The van der Waals surface area contributed by atoms with Gasteiger partial charge in [0.2, 0.25) is 0 Å². The van der Waals surface area contributed by atoms with Gasteiger partial charge in [0, 0.05) is 6.54 Å². The van der Waals surface area contributed by atoms with Gasteiger partial charge in [-0.25, -0.2) is 4.79 Å². The molecule has 0 spiro atoms. The molecule has 0 rings (SSSR count). The van der Waals surface area contributed by atoms with Crippen LogP contribution in [0, 0.1) is 4.91 Å². The molecule has 7 heteroatoms. The van der Waals surface area contributed by atoms with Gasteiger partial charge in [-0.3, -0.25) is 4.99 Å². The quantitative estimate of drug-likeness (QED) is 0.197. The molecule has 0 aromatic heterocycles. The van der Waals surface area contributed by atoms with Crippen molar-refractivity contribution >= 4 is 24.4 Å². The zero-order valence-electron chi connectivity index (χ0n) is 8.46. The number of nitrogens with two attached hydrogens (primary N) is 1. The minimum absolute atomic E-state index is 0.121. The molecule has 0 aromatic rings. The number of thiol groups is 1. The number of carbonyl (C=O) groups is 1. The standard InChI is InChI=1S/C8H15N3O3S/c1-5(15)7(9)10-4-2-3-6(11-14)8(12)13/h5-6,15H,2-4H2,1H3,(H2,9,10)(H,12,13). The maximum atomic E-state index is 10.4. The van der Waals surface area contributed by atoms with E-state index in [1.165, 1.54) is 0 Å². The first-order chi connectivity index (χ1) is 6.99. The zero-order valence-corrected chi connectivity index (χ0v) is 9.35. The van der Waals surface area contributed by atoms with Gasteiger partial charge in [-0.05, 0) is 19.8 Å². The number of aliphatic imine (C=N–C) groups is 1. The van der Waals surface area contributed by atoms with Crippen LogP contribution in [0.4, 0.5) is 0 Å². The van der Waals surface area contributed by atoms with Crippen LogP contribution in [0.3, 0.4) is 0 Å². The molecule has 0 amide bonds. The maximum Gasteiger partial charge on any atom is 0.332 e. The molecule has 0 aliphatic rings. The fraction of sp³-hybridized carbons (Fsp3) is 0.750. The summed E-state index contributed by atoms with van der Waals surface area (Å²) >= 11 is 4.07. The number of nitroso groups, excluding NO2 is 1. The van der Waals surface area contributed by atoms with Gasteiger partial charge in [0.1, 0.15) is 5.84 Å². The number of amidine groups is 1. The lowest BCUT2D eigenvalue weighted by molar-refractivity contribution is -0.138. The van der Waals surface area contributed by atoms with E-state index < -0.39 is 12.0 Å². The zero-order chi connectivity index (χ0) is 11.8. The molecule has 2 unspecified atom stereocenters. The average Bonchev–Trinajstić information content (AvgIpc) is 2.16. The predicted molar refractivity (Wildman–Crippen MR) is 61.4 cm³/mol. The second-order valence-corrected chi connectivity index (χ2v) is 3.86. The summed E-state index contributed by atoms with van der Waals surface area (Å²) < 4.78 is 0. The number of aliphatic carboxylic acids is 1. The van der Waals surface area contributed by atoms with Crippen LogP contribution in [-0.4, -0.2) is 34.7 Å². The molecule has 0 aliphatic carbocycles. The number of carboxylic acid groups (broad SMARTS) is 1. The van der Waals surface area contributed by atoms with Gasteiger partial charge in [-0.2, -0.15) is 12.6 Å². The lowest BCUT2D eigenvalue weighted by Crippen LogP contribution is -2.22. The molecule has 0 fully saturated rings. The summed E-state index contributed by atoms with van der Waals surface area (Å²) in [5.74, 6) is -0.797. The molecule has 0 saturated carbocycles. The second-order valence-electron chi connectivity index (χ2n) is 3.08.